The first-order valence-electron chi connectivity index (χ1n) is 6.71. The third-order valence-corrected chi connectivity index (χ3v) is 4.51. The molecular weight excluding hydrogens is 321 g/mol. The van der Waals surface area contributed by atoms with Crippen molar-refractivity contribution in [2.24, 2.45) is 11.8 Å². The van der Waals surface area contributed by atoms with Gasteiger partial charge in [-0.15, -0.1) is 0 Å². The predicted octanol–water partition coefficient (Wildman–Crippen LogP) is -0.339. The Morgan fingerprint density at radius 3 is 2.42 bits per heavy atom. The van der Waals surface area contributed by atoms with Crippen LogP contribution in [0.5, 0.6) is 0 Å². The molecule has 3 aliphatic heterocycles. The maximum absolute atomic E-state index is 12.5. The monoisotopic (exact) mass is 340 g/mol. The average Bonchev–Trinajstić information content (AvgIpc) is 2.98. The summed E-state index contributed by atoms with van der Waals surface area (Å²) in [7, 11) is 2.06. The van der Waals surface area contributed by atoms with Crippen LogP contribution in [0.25, 0.3) is 0 Å². The Kier molecular flexibility index (Phi) is 5.15. The van der Waals surface area contributed by atoms with E-state index >= 15 is 0 Å². The van der Waals surface area contributed by atoms with Crippen LogP contribution in [0.2, 0.25) is 0 Å². The van der Waals surface area contributed by atoms with Crippen LogP contribution >= 0.6 is 0 Å². The third kappa shape index (κ3) is 2.80. The van der Waals surface area contributed by atoms with Crippen molar-refractivity contribution in [1.82, 2.24) is 9.80 Å². The Hall–Kier alpha value is 0.164. The minimum absolute atomic E-state index is 0. The fourth-order valence-electron chi connectivity index (χ4n) is 3.38. The number of carbonyl (C=O) groups excluding carboxylic acids is 2. The maximum atomic E-state index is 12.5. The molecular formula is C13H19N2O3Y-. The first kappa shape index (κ1) is 15.6. The Balaban J connectivity index is 0.00000133. The van der Waals surface area contributed by atoms with E-state index in [4.69, 9.17) is 4.74 Å². The quantitative estimate of drug-likeness (QED) is 0.646. The van der Waals surface area contributed by atoms with Crippen LogP contribution in [-0.2, 0) is 47.0 Å². The predicted molar refractivity (Wildman–Crippen MR) is 64.6 cm³/mol. The second-order valence-electron chi connectivity index (χ2n) is 5.59. The van der Waals surface area contributed by atoms with Crippen molar-refractivity contribution in [3.63, 3.8) is 0 Å². The van der Waals surface area contributed by atoms with Crippen molar-refractivity contribution >= 4 is 12.2 Å². The summed E-state index contributed by atoms with van der Waals surface area (Å²) < 4.78 is 5.70. The van der Waals surface area contributed by atoms with E-state index in [0.29, 0.717) is 0 Å². The van der Waals surface area contributed by atoms with E-state index in [2.05, 4.69) is 11.9 Å². The summed E-state index contributed by atoms with van der Waals surface area (Å²) in [4.78, 5) is 27.7. The van der Waals surface area contributed by atoms with E-state index < -0.39 is 0 Å². The second kappa shape index (κ2) is 6.29. The molecule has 103 valence electrons. The number of amides is 1. The van der Waals surface area contributed by atoms with Crippen LogP contribution in [0.4, 0.5) is 0 Å². The van der Waals surface area contributed by atoms with Gasteiger partial charge in [-0.3, -0.25) is 11.1 Å². The summed E-state index contributed by atoms with van der Waals surface area (Å²) in [6.07, 6.45) is 3.74. The van der Waals surface area contributed by atoms with Gasteiger partial charge >= 0.3 is 0 Å². The van der Waals surface area contributed by atoms with Gasteiger partial charge in [0.2, 0.25) is 5.91 Å². The van der Waals surface area contributed by atoms with Crippen molar-refractivity contribution < 1.29 is 47.0 Å². The number of nitrogens with zero attached hydrogens (tertiary/aromatic N) is 2. The van der Waals surface area contributed by atoms with Crippen molar-refractivity contribution in [2.45, 2.75) is 25.0 Å². The fraction of sp³-hybridized carbons (Fsp3) is 0.846. The summed E-state index contributed by atoms with van der Waals surface area (Å²) in [5, 5.41) is 0. The third-order valence-electron chi connectivity index (χ3n) is 4.51. The SMILES string of the molecule is CN1CCN(C(=O)C2C3CCC(O3)C2[C-]=O)CC1.[Y]. The zero-order valence-electron chi connectivity index (χ0n) is 11.2. The van der Waals surface area contributed by atoms with Gasteiger partial charge in [-0.2, -0.15) is 0 Å². The molecule has 1 radical (unpaired) electrons. The van der Waals surface area contributed by atoms with E-state index in [-0.39, 0.29) is 62.7 Å². The molecule has 3 rings (SSSR count). The molecule has 4 unspecified atom stereocenters. The van der Waals surface area contributed by atoms with E-state index in [1.165, 1.54) is 0 Å². The average molecular weight is 340 g/mol. The van der Waals surface area contributed by atoms with Crippen LogP contribution in [-0.4, -0.2) is 67.4 Å². The summed E-state index contributed by atoms with van der Waals surface area (Å²) >= 11 is 0. The standard InChI is InChI=1S/C13H19N2O3.Y/c1-14-4-6-15(7-5-14)13(17)12-9(8-16)10-2-3-11(12)18-10;/h9-12H,2-7H2,1H3;/q-1;. The zero-order valence-corrected chi connectivity index (χ0v) is 14.1. The van der Waals surface area contributed by atoms with Crippen molar-refractivity contribution in [1.29, 1.82) is 0 Å². The minimum atomic E-state index is -0.337. The number of fused-ring (bicyclic) bond motifs is 2. The number of hydrogen-bond donors (Lipinski definition) is 0. The van der Waals surface area contributed by atoms with Gasteiger partial charge in [0.25, 0.3) is 0 Å². The van der Waals surface area contributed by atoms with Crippen LogP contribution in [0.3, 0.4) is 0 Å². The van der Waals surface area contributed by atoms with Gasteiger partial charge in [0.15, 0.2) is 0 Å². The van der Waals surface area contributed by atoms with Crippen molar-refractivity contribution in [3.8, 4) is 0 Å². The van der Waals surface area contributed by atoms with E-state index in [1.807, 2.05) is 11.2 Å². The molecule has 0 spiro atoms. The normalized spacial score (nSPS) is 38.1. The molecule has 3 aliphatic rings. The van der Waals surface area contributed by atoms with Crippen LogP contribution in [0.15, 0.2) is 0 Å². The smallest absolute Gasteiger partial charge is 0.226 e. The molecule has 5 nitrogen and oxygen atoms in total. The number of carbonyl (C=O) groups is 1. The Labute approximate surface area is 138 Å². The minimum Gasteiger partial charge on any atom is -0.541 e. The Morgan fingerprint density at radius 2 is 1.79 bits per heavy atom. The molecule has 3 saturated heterocycles. The molecule has 0 saturated carbocycles. The topological polar surface area (TPSA) is 49.9 Å². The number of rotatable bonds is 2. The molecule has 1 amide bonds. The molecule has 0 aromatic rings. The van der Waals surface area contributed by atoms with Crippen LogP contribution in [0, 0.1) is 11.8 Å². The van der Waals surface area contributed by atoms with E-state index in [1.54, 1.807) is 0 Å². The van der Waals surface area contributed by atoms with Gasteiger partial charge in [-0.25, -0.2) is 0 Å². The zero-order chi connectivity index (χ0) is 12.7. The first-order chi connectivity index (χ1) is 8.70. The molecule has 0 aliphatic carbocycles. The van der Waals surface area contributed by atoms with Gasteiger partial charge in [-0.05, 0) is 19.9 Å². The largest absolute Gasteiger partial charge is 0.541 e. The molecule has 0 aromatic carbocycles. The Bertz CT molecular complexity index is 358. The van der Waals surface area contributed by atoms with Crippen LogP contribution < -0.4 is 0 Å². The van der Waals surface area contributed by atoms with Gasteiger partial charge in [0, 0.05) is 70.9 Å². The summed E-state index contributed by atoms with van der Waals surface area (Å²) in [5.74, 6) is -0.510. The first-order valence-corrected chi connectivity index (χ1v) is 6.71. The van der Waals surface area contributed by atoms with E-state index in [0.717, 1.165) is 39.0 Å². The molecule has 19 heavy (non-hydrogen) atoms. The number of likely N-dealkylation sites (N-methyl/N-ethyl adjacent to an activating group) is 1. The summed E-state index contributed by atoms with van der Waals surface area (Å²) in [6.45, 7) is 3.33. The number of ether oxygens (including phenoxy) is 1. The molecule has 3 fully saturated rings. The molecule has 2 bridgehead atoms. The molecule has 3 heterocycles. The van der Waals surface area contributed by atoms with Gasteiger partial charge in [0.1, 0.15) is 0 Å². The fourth-order valence-corrected chi connectivity index (χ4v) is 3.38. The molecule has 0 aromatic heterocycles. The number of piperazine rings is 1. The van der Waals surface area contributed by atoms with Gasteiger partial charge < -0.3 is 19.3 Å². The van der Waals surface area contributed by atoms with Gasteiger partial charge in [-0.1, -0.05) is 5.92 Å². The molecule has 4 atom stereocenters. The van der Waals surface area contributed by atoms with Gasteiger partial charge in [0.05, 0.1) is 6.10 Å². The number of hydrogen-bond acceptors (Lipinski definition) is 4. The van der Waals surface area contributed by atoms with Crippen molar-refractivity contribution in [2.75, 3.05) is 33.2 Å². The summed E-state index contributed by atoms with van der Waals surface area (Å²) in [5.41, 5.74) is 0. The molecule has 0 N–H and O–H groups in total. The van der Waals surface area contributed by atoms with Crippen LogP contribution in [0.1, 0.15) is 12.8 Å². The van der Waals surface area contributed by atoms with Crippen molar-refractivity contribution in [3.05, 3.63) is 0 Å². The maximum Gasteiger partial charge on any atom is 0.226 e. The second-order valence-corrected chi connectivity index (χ2v) is 5.59. The Morgan fingerprint density at radius 1 is 1.16 bits per heavy atom. The summed E-state index contributed by atoms with van der Waals surface area (Å²) in [6, 6.07) is 0. The van der Waals surface area contributed by atoms with E-state index in [9.17, 15) is 9.59 Å². The molecule has 6 heteroatoms.